The lowest BCUT2D eigenvalue weighted by Crippen LogP contribution is -2.30. The lowest BCUT2D eigenvalue weighted by molar-refractivity contribution is -0.138. The Kier molecular flexibility index (Phi) is 7.10. The van der Waals surface area contributed by atoms with Crippen molar-refractivity contribution in [2.24, 2.45) is 0 Å². The number of pyridine rings is 1. The van der Waals surface area contributed by atoms with E-state index < -0.39 is 11.9 Å². The Morgan fingerprint density at radius 2 is 2.23 bits per heavy atom. The number of hydrogen-bond acceptors (Lipinski definition) is 7. The van der Waals surface area contributed by atoms with E-state index >= 15 is 0 Å². The highest BCUT2D eigenvalue weighted by atomic mass is 32.2. The molecule has 0 radical (unpaired) electrons. The van der Waals surface area contributed by atoms with Crippen LogP contribution >= 0.6 is 11.8 Å². The summed E-state index contributed by atoms with van der Waals surface area (Å²) in [6.45, 7) is 4.07. The molecule has 0 aliphatic carbocycles. The number of thioether (sulfide) groups is 1. The molecule has 6 nitrogen and oxygen atoms in total. The monoisotopic (exact) mass is 373 g/mol. The van der Waals surface area contributed by atoms with E-state index in [1.807, 2.05) is 19.2 Å². The summed E-state index contributed by atoms with van der Waals surface area (Å²) in [5.74, 6) is -0.606. The molecule has 0 fully saturated rings. The number of nitrogens with zero attached hydrogens (tertiary/aromatic N) is 2. The zero-order chi connectivity index (χ0) is 19.1. The Hall–Kier alpha value is -2.46. The first-order valence-corrected chi connectivity index (χ1v) is 9.69. The molecule has 1 atom stereocenters. The Morgan fingerprint density at radius 1 is 1.46 bits per heavy atom. The molecule has 1 unspecified atom stereocenters. The van der Waals surface area contributed by atoms with E-state index in [1.165, 1.54) is 18.9 Å². The maximum Gasteiger partial charge on any atom is 0.336 e. The number of methoxy groups -OCH3 is 1. The Morgan fingerprint density at radius 3 is 2.81 bits per heavy atom. The molecule has 0 amide bonds. The predicted molar refractivity (Wildman–Crippen MR) is 101 cm³/mol. The van der Waals surface area contributed by atoms with Crippen molar-refractivity contribution in [3.8, 4) is 11.9 Å². The topological polar surface area (TPSA) is 84.2 Å². The van der Waals surface area contributed by atoms with Gasteiger partial charge < -0.3 is 14.8 Å². The first kappa shape index (κ1) is 19.9. The number of carbonyl (C=O) groups is 1. The summed E-state index contributed by atoms with van der Waals surface area (Å²) in [5, 5.41) is 13.8. The summed E-state index contributed by atoms with van der Waals surface area (Å²) < 4.78 is 10.7. The number of nitrogens with one attached hydrogen (secondary N) is 1. The van der Waals surface area contributed by atoms with E-state index in [1.54, 1.807) is 19.2 Å². The maximum atomic E-state index is 12.8. The van der Waals surface area contributed by atoms with Gasteiger partial charge in [-0.05, 0) is 25.7 Å². The number of esters is 1. The van der Waals surface area contributed by atoms with Gasteiger partial charge in [-0.2, -0.15) is 5.26 Å². The zero-order valence-electron chi connectivity index (χ0n) is 15.5. The van der Waals surface area contributed by atoms with Gasteiger partial charge in [-0.3, -0.25) is 0 Å². The molecule has 1 aliphatic heterocycles. The van der Waals surface area contributed by atoms with Crippen molar-refractivity contribution in [1.82, 2.24) is 10.3 Å². The number of rotatable bonds is 7. The van der Waals surface area contributed by atoms with E-state index in [2.05, 4.69) is 16.4 Å². The highest BCUT2D eigenvalue weighted by Crippen LogP contribution is 2.43. The number of carbonyl (C=O) groups excluding carboxylic acids is 1. The smallest absolute Gasteiger partial charge is 0.336 e. The SMILES string of the molecule is CCCC1=C(C(=O)OCC)C(c2cccnc2OC)C(C#N)=C(SC)N1. The molecule has 138 valence electrons. The lowest BCUT2D eigenvalue weighted by atomic mass is 9.82. The summed E-state index contributed by atoms with van der Waals surface area (Å²) in [4.78, 5) is 17.0. The van der Waals surface area contributed by atoms with Crippen LogP contribution in [-0.2, 0) is 9.53 Å². The Labute approximate surface area is 158 Å². The van der Waals surface area contributed by atoms with Gasteiger partial charge in [0.15, 0.2) is 0 Å². The van der Waals surface area contributed by atoms with Crippen LogP contribution in [0.5, 0.6) is 5.88 Å². The number of allylic oxidation sites excluding steroid dienone is 2. The fraction of sp³-hybridized carbons (Fsp3) is 0.421. The van der Waals surface area contributed by atoms with Gasteiger partial charge in [0.25, 0.3) is 0 Å². The lowest BCUT2D eigenvalue weighted by Gasteiger charge is -2.30. The average molecular weight is 373 g/mol. The highest BCUT2D eigenvalue weighted by Gasteiger charge is 2.37. The Balaban J connectivity index is 2.75. The summed E-state index contributed by atoms with van der Waals surface area (Å²) in [6, 6.07) is 5.87. The Bertz CT molecular complexity index is 780. The minimum Gasteiger partial charge on any atom is -0.481 e. The molecule has 1 N–H and O–H groups in total. The fourth-order valence-electron chi connectivity index (χ4n) is 3.00. The third-order valence-electron chi connectivity index (χ3n) is 4.04. The van der Waals surface area contributed by atoms with Gasteiger partial charge >= 0.3 is 5.97 Å². The standard InChI is InChI=1S/C19H23N3O3S/c1-5-8-14-16(19(23)25-6-2)15(13(11-20)18(22-14)26-4)12-9-7-10-21-17(12)24-3/h7,9-10,15,22H,5-6,8H2,1-4H3. The van der Waals surface area contributed by atoms with Crippen molar-refractivity contribution in [3.63, 3.8) is 0 Å². The molecular weight excluding hydrogens is 350 g/mol. The molecule has 2 heterocycles. The van der Waals surface area contributed by atoms with Crippen LogP contribution in [0.15, 0.2) is 40.2 Å². The van der Waals surface area contributed by atoms with Crippen LogP contribution < -0.4 is 10.1 Å². The molecule has 2 rings (SSSR count). The number of ether oxygens (including phenoxy) is 2. The number of hydrogen-bond donors (Lipinski definition) is 1. The molecule has 1 aromatic heterocycles. The zero-order valence-corrected chi connectivity index (χ0v) is 16.3. The van der Waals surface area contributed by atoms with Gasteiger partial charge in [0.05, 0.1) is 41.9 Å². The predicted octanol–water partition coefficient (Wildman–Crippen LogP) is 3.49. The quantitative estimate of drug-likeness (QED) is 0.732. The fourth-order valence-corrected chi connectivity index (χ4v) is 3.61. The summed E-state index contributed by atoms with van der Waals surface area (Å²) in [5.41, 5.74) is 2.38. The third-order valence-corrected chi connectivity index (χ3v) is 4.77. The van der Waals surface area contributed by atoms with Crippen molar-refractivity contribution >= 4 is 17.7 Å². The molecule has 0 spiro atoms. The molecule has 7 heteroatoms. The van der Waals surface area contributed by atoms with E-state index in [0.29, 0.717) is 29.0 Å². The van der Waals surface area contributed by atoms with Gasteiger partial charge in [-0.15, -0.1) is 11.8 Å². The molecule has 26 heavy (non-hydrogen) atoms. The normalized spacial score (nSPS) is 16.8. The van der Waals surface area contributed by atoms with Gasteiger partial charge in [-0.1, -0.05) is 19.4 Å². The van der Waals surface area contributed by atoms with Crippen LogP contribution in [0.1, 0.15) is 38.2 Å². The van der Waals surface area contributed by atoms with Crippen molar-refractivity contribution in [3.05, 3.63) is 45.8 Å². The molecule has 0 saturated heterocycles. The van der Waals surface area contributed by atoms with Crippen LogP contribution in [0.4, 0.5) is 0 Å². The molecule has 0 bridgehead atoms. The first-order valence-electron chi connectivity index (χ1n) is 8.47. The van der Waals surface area contributed by atoms with Crippen molar-refractivity contribution in [1.29, 1.82) is 5.26 Å². The minimum atomic E-state index is -0.576. The number of aromatic nitrogens is 1. The van der Waals surface area contributed by atoms with Crippen LogP contribution in [0.25, 0.3) is 0 Å². The summed E-state index contributed by atoms with van der Waals surface area (Å²) >= 11 is 1.45. The van der Waals surface area contributed by atoms with Crippen LogP contribution in [0.2, 0.25) is 0 Å². The van der Waals surface area contributed by atoms with Gasteiger partial charge in [0, 0.05) is 17.5 Å². The number of nitriles is 1. The van der Waals surface area contributed by atoms with Crippen molar-refractivity contribution in [2.75, 3.05) is 20.0 Å². The van der Waals surface area contributed by atoms with E-state index in [9.17, 15) is 10.1 Å². The van der Waals surface area contributed by atoms with E-state index in [-0.39, 0.29) is 6.61 Å². The molecular formula is C19H23N3O3S. The van der Waals surface area contributed by atoms with Crippen molar-refractivity contribution in [2.45, 2.75) is 32.6 Å². The minimum absolute atomic E-state index is 0.264. The van der Waals surface area contributed by atoms with E-state index in [0.717, 1.165) is 17.1 Å². The number of dihydropyridines is 1. The first-order chi connectivity index (χ1) is 12.6. The van der Waals surface area contributed by atoms with Crippen LogP contribution in [-0.4, -0.2) is 30.9 Å². The van der Waals surface area contributed by atoms with Crippen LogP contribution in [0.3, 0.4) is 0 Å². The van der Waals surface area contributed by atoms with Gasteiger partial charge in [0.1, 0.15) is 0 Å². The van der Waals surface area contributed by atoms with Gasteiger partial charge in [0.2, 0.25) is 5.88 Å². The second-order valence-corrected chi connectivity index (χ2v) is 6.40. The highest BCUT2D eigenvalue weighted by molar-refractivity contribution is 8.02. The molecule has 1 aromatic rings. The van der Waals surface area contributed by atoms with Crippen LogP contribution in [0, 0.1) is 11.3 Å². The summed E-state index contributed by atoms with van der Waals surface area (Å²) in [6.07, 6.45) is 5.05. The van der Waals surface area contributed by atoms with E-state index in [4.69, 9.17) is 9.47 Å². The third kappa shape index (κ3) is 3.86. The van der Waals surface area contributed by atoms with Gasteiger partial charge in [-0.25, -0.2) is 9.78 Å². The van der Waals surface area contributed by atoms with Crippen molar-refractivity contribution < 1.29 is 14.3 Å². The second-order valence-electron chi connectivity index (χ2n) is 5.58. The second kappa shape index (κ2) is 9.30. The maximum absolute atomic E-state index is 12.8. The largest absolute Gasteiger partial charge is 0.481 e. The molecule has 1 aliphatic rings. The molecule has 0 saturated carbocycles. The average Bonchev–Trinajstić information content (AvgIpc) is 2.67. The summed E-state index contributed by atoms with van der Waals surface area (Å²) in [7, 11) is 1.53. The molecule has 0 aromatic carbocycles.